The van der Waals surface area contributed by atoms with E-state index in [-0.39, 0.29) is 25.0 Å². The van der Waals surface area contributed by atoms with Crippen molar-refractivity contribution in [3.05, 3.63) is 29.8 Å². The van der Waals surface area contributed by atoms with E-state index < -0.39 is 6.10 Å². The van der Waals surface area contributed by atoms with Crippen molar-refractivity contribution in [2.75, 3.05) is 19.7 Å². The molecule has 0 spiro atoms. The number of carbonyl (C=O) groups is 1. The first-order valence-corrected chi connectivity index (χ1v) is 7.10. The molecule has 0 saturated carbocycles. The normalized spacial score (nSPS) is 11.8. The fraction of sp³-hybridized carbons (Fsp3) is 0.500. The predicted molar refractivity (Wildman–Crippen MR) is 79.8 cm³/mol. The van der Waals surface area contributed by atoms with Crippen LogP contribution in [0.5, 0.6) is 5.75 Å². The molecule has 1 aromatic rings. The molecule has 21 heavy (non-hydrogen) atoms. The fourth-order valence-corrected chi connectivity index (χ4v) is 2.00. The maximum Gasteiger partial charge on any atom is 0.263 e. The summed E-state index contributed by atoms with van der Waals surface area (Å²) in [5.74, 6) is 0.193. The molecule has 0 aliphatic rings. The molecule has 0 heterocycles. The first-order chi connectivity index (χ1) is 10.0. The maximum atomic E-state index is 12.5. The number of likely N-dealkylation sites (N-methyl/N-ethyl adjacent to an activating group) is 1. The molecule has 114 valence electrons. The molecule has 0 saturated heterocycles. The second-order valence-electron chi connectivity index (χ2n) is 5.03. The highest BCUT2D eigenvalue weighted by molar-refractivity contribution is 5.81. The summed E-state index contributed by atoms with van der Waals surface area (Å²) in [6, 6.07) is 8.92. The van der Waals surface area contributed by atoms with Crippen molar-refractivity contribution in [2.24, 2.45) is 5.92 Å². The van der Waals surface area contributed by atoms with Gasteiger partial charge in [0.2, 0.25) is 0 Å². The van der Waals surface area contributed by atoms with Crippen LogP contribution in [-0.4, -0.2) is 41.7 Å². The van der Waals surface area contributed by atoms with E-state index in [0.29, 0.717) is 17.9 Å². The van der Waals surface area contributed by atoms with Crippen molar-refractivity contribution < 1.29 is 14.6 Å². The van der Waals surface area contributed by atoms with Crippen molar-refractivity contribution in [1.29, 1.82) is 5.26 Å². The van der Waals surface area contributed by atoms with Crippen LogP contribution in [0.25, 0.3) is 0 Å². The second kappa shape index (κ2) is 8.28. The molecule has 1 unspecified atom stereocenters. The van der Waals surface area contributed by atoms with Crippen molar-refractivity contribution in [3.63, 3.8) is 0 Å². The number of nitrogens with zero attached hydrogens (tertiary/aromatic N) is 2. The standard InChI is InChI=1S/C16H22N2O3/c1-4-18(9-10-19)16(20)15(12(2)3)21-14-8-6-5-7-13(14)11-17/h5-8,12,15,19H,4,9-10H2,1-3H3. The molecule has 1 N–H and O–H groups in total. The Kier molecular flexibility index (Phi) is 6.70. The minimum atomic E-state index is -0.675. The Labute approximate surface area is 125 Å². The third-order valence-electron chi connectivity index (χ3n) is 3.17. The van der Waals surface area contributed by atoms with Crippen molar-refractivity contribution in [3.8, 4) is 11.8 Å². The topological polar surface area (TPSA) is 73.6 Å². The number of amides is 1. The summed E-state index contributed by atoms with van der Waals surface area (Å²) in [7, 11) is 0. The van der Waals surface area contributed by atoms with E-state index in [1.54, 1.807) is 29.2 Å². The largest absolute Gasteiger partial charge is 0.479 e. The number of benzene rings is 1. The lowest BCUT2D eigenvalue weighted by Crippen LogP contribution is -2.45. The van der Waals surface area contributed by atoms with Gasteiger partial charge in [0.25, 0.3) is 5.91 Å². The number of aliphatic hydroxyl groups is 1. The Morgan fingerprint density at radius 3 is 2.62 bits per heavy atom. The number of hydrogen-bond acceptors (Lipinski definition) is 4. The zero-order valence-corrected chi connectivity index (χ0v) is 12.7. The van der Waals surface area contributed by atoms with Crippen LogP contribution in [-0.2, 0) is 4.79 Å². The second-order valence-corrected chi connectivity index (χ2v) is 5.03. The average molecular weight is 290 g/mol. The Bertz CT molecular complexity index is 508. The SMILES string of the molecule is CCN(CCO)C(=O)C(Oc1ccccc1C#N)C(C)C. The van der Waals surface area contributed by atoms with Crippen molar-refractivity contribution >= 4 is 5.91 Å². The van der Waals surface area contributed by atoms with Crippen molar-refractivity contribution in [1.82, 2.24) is 4.90 Å². The molecule has 0 bridgehead atoms. The maximum absolute atomic E-state index is 12.5. The highest BCUT2D eigenvalue weighted by atomic mass is 16.5. The lowest BCUT2D eigenvalue weighted by Gasteiger charge is -2.28. The van der Waals surface area contributed by atoms with Gasteiger partial charge in [0, 0.05) is 13.1 Å². The highest BCUT2D eigenvalue weighted by Crippen LogP contribution is 2.21. The van der Waals surface area contributed by atoms with Gasteiger partial charge in [-0.25, -0.2) is 0 Å². The zero-order chi connectivity index (χ0) is 15.8. The molecule has 0 aliphatic carbocycles. The molecular weight excluding hydrogens is 268 g/mol. The van der Waals surface area contributed by atoms with Crippen molar-refractivity contribution in [2.45, 2.75) is 26.9 Å². The first kappa shape index (κ1) is 17.0. The van der Waals surface area contributed by atoms with Crippen LogP contribution in [0.4, 0.5) is 0 Å². The van der Waals surface area contributed by atoms with E-state index in [0.717, 1.165) is 0 Å². The van der Waals surface area contributed by atoms with Gasteiger partial charge in [0.15, 0.2) is 6.10 Å². The monoisotopic (exact) mass is 290 g/mol. The van der Waals surface area contributed by atoms with Gasteiger partial charge in [-0.05, 0) is 25.0 Å². The molecule has 1 atom stereocenters. The van der Waals surface area contributed by atoms with E-state index >= 15 is 0 Å². The smallest absolute Gasteiger partial charge is 0.263 e. The van der Waals surface area contributed by atoms with E-state index in [2.05, 4.69) is 6.07 Å². The Hall–Kier alpha value is -2.06. The Morgan fingerprint density at radius 2 is 2.10 bits per heavy atom. The molecule has 5 heteroatoms. The lowest BCUT2D eigenvalue weighted by molar-refractivity contribution is -0.141. The van der Waals surface area contributed by atoms with Gasteiger partial charge in [0.1, 0.15) is 11.8 Å². The summed E-state index contributed by atoms with van der Waals surface area (Å²) in [6.07, 6.45) is -0.675. The highest BCUT2D eigenvalue weighted by Gasteiger charge is 2.28. The average Bonchev–Trinajstić information content (AvgIpc) is 2.49. The Balaban J connectivity index is 2.97. The molecular formula is C16H22N2O3. The number of nitriles is 1. The van der Waals surface area contributed by atoms with Gasteiger partial charge in [0.05, 0.1) is 12.2 Å². The van der Waals surface area contributed by atoms with E-state index in [1.807, 2.05) is 20.8 Å². The zero-order valence-electron chi connectivity index (χ0n) is 12.7. The molecule has 0 aliphatic heterocycles. The van der Waals surface area contributed by atoms with E-state index in [9.17, 15) is 4.79 Å². The number of para-hydroxylation sites is 1. The van der Waals surface area contributed by atoms with E-state index in [4.69, 9.17) is 15.1 Å². The molecule has 0 aromatic heterocycles. The lowest BCUT2D eigenvalue weighted by atomic mass is 10.1. The number of hydrogen-bond donors (Lipinski definition) is 1. The first-order valence-electron chi connectivity index (χ1n) is 7.10. The summed E-state index contributed by atoms with van der Waals surface area (Å²) in [4.78, 5) is 14.1. The fourth-order valence-electron chi connectivity index (χ4n) is 2.00. The van der Waals surface area contributed by atoms with Crippen LogP contribution < -0.4 is 4.74 Å². The van der Waals surface area contributed by atoms with Gasteiger partial charge in [-0.2, -0.15) is 5.26 Å². The van der Waals surface area contributed by atoms with Gasteiger partial charge in [-0.3, -0.25) is 4.79 Å². The summed E-state index contributed by atoms with van der Waals surface area (Å²) in [6.45, 7) is 6.34. The van der Waals surface area contributed by atoms with Crippen LogP contribution >= 0.6 is 0 Å². The third kappa shape index (κ3) is 4.47. The number of aliphatic hydroxyl groups excluding tert-OH is 1. The molecule has 0 radical (unpaired) electrons. The van der Waals surface area contributed by atoms with Crippen LogP contribution in [0.1, 0.15) is 26.3 Å². The minimum absolute atomic E-state index is 0.0445. The molecule has 1 amide bonds. The molecule has 0 fully saturated rings. The molecule has 1 rings (SSSR count). The predicted octanol–water partition coefficient (Wildman–Crippen LogP) is 1.80. The number of rotatable bonds is 7. The minimum Gasteiger partial charge on any atom is -0.479 e. The van der Waals surface area contributed by atoms with Gasteiger partial charge in [-0.15, -0.1) is 0 Å². The summed E-state index contributed by atoms with van der Waals surface area (Å²) >= 11 is 0. The van der Waals surface area contributed by atoms with Gasteiger partial charge in [-0.1, -0.05) is 26.0 Å². The number of carbonyl (C=O) groups excluding carboxylic acids is 1. The van der Waals surface area contributed by atoms with Gasteiger partial charge >= 0.3 is 0 Å². The van der Waals surface area contributed by atoms with E-state index in [1.165, 1.54) is 0 Å². The quantitative estimate of drug-likeness (QED) is 0.831. The third-order valence-corrected chi connectivity index (χ3v) is 3.17. The van der Waals surface area contributed by atoms with Crippen LogP contribution in [0.15, 0.2) is 24.3 Å². The molecule has 1 aromatic carbocycles. The van der Waals surface area contributed by atoms with Crippen LogP contribution in [0.2, 0.25) is 0 Å². The van der Waals surface area contributed by atoms with Gasteiger partial charge < -0.3 is 14.7 Å². The summed E-state index contributed by atoms with van der Waals surface area (Å²) in [5.41, 5.74) is 0.404. The summed E-state index contributed by atoms with van der Waals surface area (Å²) in [5, 5.41) is 18.1. The Morgan fingerprint density at radius 1 is 1.43 bits per heavy atom. The molecule has 5 nitrogen and oxygen atoms in total. The van der Waals surface area contributed by atoms with Crippen LogP contribution in [0, 0.1) is 17.2 Å². The van der Waals surface area contributed by atoms with Crippen LogP contribution in [0.3, 0.4) is 0 Å². The summed E-state index contributed by atoms with van der Waals surface area (Å²) < 4.78 is 5.79. The number of ether oxygens (including phenoxy) is 1.